The van der Waals surface area contributed by atoms with Crippen LogP contribution in [-0.4, -0.2) is 30.1 Å². The van der Waals surface area contributed by atoms with Gasteiger partial charge < -0.3 is 5.32 Å². The van der Waals surface area contributed by atoms with Gasteiger partial charge in [-0.05, 0) is 63.2 Å². The molecule has 0 amide bonds. The van der Waals surface area contributed by atoms with Crippen molar-refractivity contribution in [2.75, 3.05) is 13.1 Å². The third kappa shape index (κ3) is 4.55. The molecule has 1 aliphatic heterocycles. The highest BCUT2D eigenvalue weighted by molar-refractivity contribution is 5.27. The molecule has 2 aliphatic rings. The topological polar surface area (TPSA) is 15.3 Å². The van der Waals surface area contributed by atoms with Crippen molar-refractivity contribution in [2.45, 2.75) is 70.5 Å². The van der Waals surface area contributed by atoms with Crippen molar-refractivity contribution < 1.29 is 0 Å². The molecule has 3 rings (SSSR count). The summed E-state index contributed by atoms with van der Waals surface area (Å²) in [6.07, 6.45) is 9.49. The van der Waals surface area contributed by atoms with E-state index in [0.717, 1.165) is 25.2 Å². The average Bonchev–Trinajstić information content (AvgIpc) is 3.31. The Kier molecular flexibility index (Phi) is 5.32. The van der Waals surface area contributed by atoms with E-state index in [-0.39, 0.29) is 0 Å². The maximum Gasteiger partial charge on any atom is 0.0239 e. The predicted molar refractivity (Wildman–Crippen MR) is 89.5 cm³/mol. The SMILES string of the molecule is CC1CCCCCN1Cc1ccccc1CCNC1CC1. The molecule has 116 valence electrons. The monoisotopic (exact) mass is 286 g/mol. The van der Waals surface area contributed by atoms with Gasteiger partial charge in [-0.1, -0.05) is 37.1 Å². The van der Waals surface area contributed by atoms with Crippen LogP contribution in [0.5, 0.6) is 0 Å². The normalized spacial score (nSPS) is 24.0. The first-order valence-electron chi connectivity index (χ1n) is 8.87. The molecule has 0 radical (unpaired) electrons. The van der Waals surface area contributed by atoms with Crippen LogP contribution in [-0.2, 0) is 13.0 Å². The molecule has 1 aromatic rings. The van der Waals surface area contributed by atoms with Crippen molar-refractivity contribution in [3.63, 3.8) is 0 Å². The first kappa shape index (κ1) is 15.1. The summed E-state index contributed by atoms with van der Waals surface area (Å²) < 4.78 is 0. The molecule has 1 N–H and O–H groups in total. The summed E-state index contributed by atoms with van der Waals surface area (Å²) in [5.41, 5.74) is 3.09. The molecule has 1 unspecified atom stereocenters. The first-order valence-corrected chi connectivity index (χ1v) is 8.87. The summed E-state index contributed by atoms with van der Waals surface area (Å²) in [5, 5.41) is 3.64. The first-order chi connectivity index (χ1) is 10.3. The quantitative estimate of drug-likeness (QED) is 0.857. The molecule has 1 aromatic carbocycles. The molecule has 2 heteroatoms. The van der Waals surface area contributed by atoms with E-state index in [1.165, 1.54) is 51.5 Å². The number of benzene rings is 1. The zero-order chi connectivity index (χ0) is 14.5. The summed E-state index contributed by atoms with van der Waals surface area (Å²) >= 11 is 0. The van der Waals surface area contributed by atoms with Crippen molar-refractivity contribution in [1.29, 1.82) is 0 Å². The standard InChI is InChI=1S/C19H30N2/c1-16-7-3-2-6-14-21(16)15-18-9-5-4-8-17(18)12-13-20-19-10-11-19/h4-5,8-9,16,19-20H,2-3,6-7,10-15H2,1H3. The summed E-state index contributed by atoms with van der Waals surface area (Å²) in [5.74, 6) is 0. The van der Waals surface area contributed by atoms with E-state index >= 15 is 0 Å². The third-order valence-corrected chi connectivity index (χ3v) is 5.09. The highest BCUT2D eigenvalue weighted by atomic mass is 15.1. The smallest absolute Gasteiger partial charge is 0.0239 e. The summed E-state index contributed by atoms with van der Waals surface area (Å²) in [4.78, 5) is 2.69. The van der Waals surface area contributed by atoms with E-state index < -0.39 is 0 Å². The number of nitrogens with one attached hydrogen (secondary N) is 1. The molecule has 0 aromatic heterocycles. The van der Waals surface area contributed by atoms with Crippen molar-refractivity contribution >= 4 is 0 Å². The van der Waals surface area contributed by atoms with Gasteiger partial charge in [-0.15, -0.1) is 0 Å². The molecule has 1 heterocycles. The minimum atomic E-state index is 0.741. The molecule has 21 heavy (non-hydrogen) atoms. The average molecular weight is 286 g/mol. The van der Waals surface area contributed by atoms with E-state index in [4.69, 9.17) is 0 Å². The number of hydrogen-bond donors (Lipinski definition) is 1. The van der Waals surface area contributed by atoms with E-state index in [1.807, 2.05) is 0 Å². The van der Waals surface area contributed by atoms with Gasteiger partial charge in [0.15, 0.2) is 0 Å². The molecule has 2 nitrogen and oxygen atoms in total. The third-order valence-electron chi connectivity index (χ3n) is 5.09. The number of hydrogen-bond acceptors (Lipinski definition) is 2. The lowest BCUT2D eigenvalue weighted by molar-refractivity contribution is 0.204. The second-order valence-corrected chi connectivity index (χ2v) is 6.92. The summed E-state index contributed by atoms with van der Waals surface area (Å²) in [6, 6.07) is 10.6. The van der Waals surface area contributed by atoms with E-state index in [2.05, 4.69) is 41.4 Å². The van der Waals surface area contributed by atoms with Crippen LogP contribution < -0.4 is 5.32 Å². The zero-order valence-electron chi connectivity index (χ0n) is 13.5. The van der Waals surface area contributed by atoms with E-state index in [1.54, 1.807) is 11.1 Å². The molecule has 1 atom stereocenters. The van der Waals surface area contributed by atoms with Crippen LogP contribution in [0, 0.1) is 0 Å². The van der Waals surface area contributed by atoms with Crippen LogP contribution in [0.2, 0.25) is 0 Å². The molecule has 0 bridgehead atoms. The Morgan fingerprint density at radius 2 is 1.86 bits per heavy atom. The van der Waals surface area contributed by atoms with E-state index in [9.17, 15) is 0 Å². The largest absolute Gasteiger partial charge is 0.314 e. The fourth-order valence-corrected chi connectivity index (χ4v) is 3.44. The van der Waals surface area contributed by atoms with Crippen LogP contribution in [0.15, 0.2) is 24.3 Å². The lowest BCUT2D eigenvalue weighted by atomic mass is 10.0. The van der Waals surface area contributed by atoms with Crippen LogP contribution >= 0.6 is 0 Å². The van der Waals surface area contributed by atoms with Crippen LogP contribution in [0.3, 0.4) is 0 Å². The lowest BCUT2D eigenvalue weighted by Gasteiger charge is -2.28. The Balaban J connectivity index is 1.59. The maximum atomic E-state index is 3.64. The van der Waals surface area contributed by atoms with Gasteiger partial charge in [0.25, 0.3) is 0 Å². The maximum absolute atomic E-state index is 3.64. The fraction of sp³-hybridized carbons (Fsp3) is 0.684. The number of nitrogens with zero attached hydrogens (tertiary/aromatic N) is 1. The van der Waals surface area contributed by atoms with Crippen LogP contribution in [0.1, 0.15) is 56.6 Å². The Labute approximate surface area is 129 Å². The van der Waals surface area contributed by atoms with Gasteiger partial charge in [-0.2, -0.15) is 0 Å². The van der Waals surface area contributed by atoms with Crippen molar-refractivity contribution in [1.82, 2.24) is 10.2 Å². The van der Waals surface area contributed by atoms with Gasteiger partial charge >= 0.3 is 0 Å². The van der Waals surface area contributed by atoms with E-state index in [0.29, 0.717) is 0 Å². The second kappa shape index (κ2) is 7.42. The second-order valence-electron chi connectivity index (χ2n) is 6.92. The predicted octanol–water partition coefficient (Wildman–Crippen LogP) is 3.75. The minimum Gasteiger partial charge on any atom is -0.314 e. The van der Waals surface area contributed by atoms with Crippen LogP contribution in [0.4, 0.5) is 0 Å². The molecular formula is C19H30N2. The van der Waals surface area contributed by atoms with Crippen molar-refractivity contribution in [2.24, 2.45) is 0 Å². The highest BCUT2D eigenvalue weighted by Crippen LogP contribution is 2.21. The van der Waals surface area contributed by atoms with Gasteiger partial charge in [-0.3, -0.25) is 4.90 Å². The summed E-state index contributed by atoms with van der Waals surface area (Å²) in [7, 11) is 0. The van der Waals surface area contributed by atoms with Crippen molar-refractivity contribution in [3.05, 3.63) is 35.4 Å². The Morgan fingerprint density at radius 1 is 1.05 bits per heavy atom. The Bertz CT molecular complexity index is 439. The fourth-order valence-electron chi connectivity index (χ4n) is 3.44. The van der Waals surface area contributed by atoms with Gasteiger partial charge in [0.2, 0.25) is 0 Å². The Morgan fingerprint density at radius 3 is 2.67 bits per heavy atom. The molecular weight excluding hydrogens is 256 g/mol. The minimum absolute atomic E-state index is 0.741. The van der Waals surface area contributed by atoms with Gasteiger partial charge in [-0.25, -0.2) is 0 Å². The van der Waals surface area contributed by atoms with Gasteiger partial charge in [0, 0.05) is 18.6 Å². The number of likely N-dealkylation sites (tertiary alicyclic amines) is 1. The molecule has 1 aliphatic carbocycles. The molecule has 2 fully saturated rings. The number of rotatable bonds is 6. The molecule has 0 spiro atoms. The highest BCUT2D eigenvalue weighted by Gasteiger charge is 2.20. The Hall–Kier alpha value is -0.860. The van der Waals surface area contributed by atoms with Crippen molar-refractivity contribution in [3.8, 4) is 0 Å². The molecule has 1 saturated carbocycles. The van der Waals surface area contributed by atoms with Gasteiger partial charge in [0.05, 0.1) is 0 Å². The zero-order valence-corrected chi connectivity index (χ0v) is 13.5. The summed E-state index contributed by atoms with van der Waals surface area (Å²) in [6.45, 7) is 5.95. The molecule has 1 saturated heterocycles. The van der Waals surface area contributed by atoms with Crippen LogP contribution in [0.25, 0.3) is 0 Å². The lowest BCUT2D eigenvalue weighted by Crippen LogP contribution is -2.32. The van der Waals surface area contributed by atoms with Gasteiger partial charge in [0.1, 0.15) is 0 Å².